The molecule has 4 heteroatoms. The fourth-order valence-electron chi connectivity index (χ4n) is 1.70. The molecule has 0 saturated carbocycles. The van der Waals surface area contributed by atoms with Gasteiger partial charge in [0, 0.05) is 19.3 Å². The normalized spacial score (nSPS) is 10.2. The van der Waals surface area contributed by atoms with Gasteiger partial charge in [-0.25, -0.2) is 9.78 Å². The van der Waals surface area contributed by atoms with Crippen molar-refractivity contribution in [1.29, 1.82) is 0 Å². The van der Waals surface area contributed by atoms with E-state index in [0.29, 0.717) is 0 Å². The number of hydrogen-bond acceptors (Lipinski definition) is 3. The van der Waals surface area contributed by atoms with Gasteiger partial charge in [0.05, 0.1) is 5.56 Å². The molecule has 0 atom stereocenters. The van der Waals surface area contributed by atoms with E-state index in [1.165, 1.54) is 6.20 Å². The Balaban J connectivity index is 3.01. The van der Waals surface area contributed by atoms with E-state index in [-0.39, 0.29) is 5.56 Å². The average molecular weight is 222 g/mol. The van der Waals surface area contributed by atoms with Crippen LogP contribution in [0.1, 0.15) is 36.2 Å². The third kappa shape index (κ3) is 2.72. The molecule has 0 aliphatic heterocycles. The summed E-state index contributed by atoms with van der Waals surface area (Å²) in [6.45, 7) is 7.91. The van der Waals surface area contributed by atoms with E-state index in [0.717, 1.165) is 30.9 Å². The monoisotopic (exact) mass is 222 g/mol. The summed E-state index contributed by atoms with van der Waals surface area (Å²) in [6, 6.07) is 1.67. The average Bonchev–Trinajstić information content (AvgIpc) is 2.26. The van der Waals surface area contributed by atoms with Crippen LogP contribution in [0.25, 0.3) is 0 Å². The summed E-state index contributed by atoms with van der Waals surface area (Å²) in [5, 5.41) is 8.85. The number of pyridine rings is 1. The molecule has 0 amide bonds. The van der Waals surface area contributed by atoms with Gasteiger partial charge in [0.15, 0.2) is 0 Å². The van der Waals surface area contributed by atoms with Crippen molar-refractivity contribution in [3.8, 4) is 0 Å². The first kappa shape index (κ1) is 12.5. The first-order chi connectivity index (χ1) is 7.60. The van der Waals surface area contributed by atoms with Crippen molar-refractivity contribution in [2.45, 2.75) is 27.2 Å². The third-order valence-corrected chi connectivity index (χ3v) is 2.47. The Morgan fingerprint density at radius 3 is 2.62 bits per heavy atom. The third-order valence-electron chi connectivity index (χ3n) is 2.47. The lowest BCUT2D eigenvalue weighted by molar-refractivity contribution is 0.0696. The van der Waals surface area contributed by atoms with Gasteiger partial charge in [0.1, 0.15) is 5.82 Å². The first-order valence-electron chi connectivity index (χ1n) is 5.55. The number of aryl methyl sites for hydroxylation is 1. The zero-order valence-corrected chi connectivity index (χ0v) is 10.0. The van der Waals surface area contributed by atoms with E-state index >= 15 is 0 Å². The fourth-order valence-corrected chi connectivity index (χ4v) is 1.70. The van der Waals surface area contributed by atoms with Crippen LogP contribution in [0, 0.1) is 6.92 Å². The number of hydrogen-bond donors (Lipinski definition) is 1. The van der Waals surface area contributed by atoms with Crippen molar-refractivity contribution in [1.82, 2.24) is 4.98 Å². The molecular formula is C12H18N2O2. The van der Waals surface area contributed by atoms with Crippen LogP contribution in [0.5, 0.6) is 0 Å². The smallest absolute Gasteiger partial charge is 0.337 e. The van der Waals surface area contributed by atoms with E-state index in [4.69, 9.17) is 5.11 Å². The van der Waals surface area contributed by atoms with Crippen LogP contribution in [-0.2, 0) is 0 Å². The van der Waals surface area contributed by atoms with Gasteiger partial charge in [-0.2, -0.15) is 0 Å². The van der Waals surface area contributed by atoms with E-state index in [1.807, 2.05) is 6.92 Å². The predicted molar refractivity (Wildman–Crippen MR) is 64.1 cm³/mol. The lowest BCUT2D eigenvalue weighted by Crippen LogP contribution is -2.25. The van der Waals surface area contributed by atoms with Crippen LogP contribution < -0.4 is 4.90 Å². The van der Waals surface area contributed by atoms with Gasteiger partial charge in [-0.15, -0.1) is 0 Å². The number of rotatable bonds is 5. The topological polar surface area (TPSA) is 53.4 Å². The lowest BCUT2D eigenvalue weighted by atomic mass is 10.2. The Kier molecular flexibility index (Phi) is 4.28. The van der Waals surface area contributed by atoms with Crippen LogP contribution in [0.3, 0.4) is 0 Å². The zero-order valence-electron chi connectivity index (χ0n) is 10.0. The summed E-state index contributed by atoms with van der Waals surface area (Å²) in [7, 11) is 0. The van der Waals surface area contributed by atoms with Gasteiger partial charge in [-0.1, -0.05) is 6.92 Å². The molecular weight excluding hydrogens is 204 g/mol. The zero-order chi connectivity index (χ0) is 12.1. The largest absolute Gasteiger partial charge is 0.478 e. The van der Waals surface area contributed by atoms with Crippen molar-refractivity contribution in [3.63, 3.8) is 0 Å². The van der Waals surface area contributed by atoms with E-state index in [2.05, 4.69) is 23.7 Å². The molecule has 0 unspecified atom stereocenters. The Labute approximate surface area is 95.9 Å². The molecule has 0 bridgehead atoms. The van der Waals surface area contributed by atoms with E-state index in [1.54, 1.807) is 6.07 Å². The summed E-state index contributed by atoms with van der Waals surface area (Å²) < 4.78 is 0. The molecule has 0 spiro atoms. The summed E-state index contributed by atoms with van der Waals surface area (Å²) in [5.41, 5.74) is 1.16. The highest BCUT2D eigenvalue weighted by molar-refractivity contribution is 5.87. The molecule has 0 radical (unpaired) electrons. The number of carboxylic acid groups (broad SMARTS) is 1. The minimum absolute atomic E-state index is 0.244. The Hall–Kier alpha value is -1.58. The quantitative estimate of drug-likeness (QED) is 0.830. The number of nitrogens with zero attached hydrogens (tertiary/aromatic N) is 2. The molecule has 1 aromatic heterocycles. The van der Waals surface area contributed by atoms with Crippen molar-refractivity contribution in [2.24, 2.45) is 0 Å². The standard InChI is InChI=1S/C12H18N2O2/c1-4-6-14(5-2)11-9(3)7-10(8-13-11)12(15)16/h7-8H,4-6H2,1-3H3,(H,15,16). The Morgan fingerprint density at radius 2 is 2.19 bits per heavy atom. The summed E-state index contributed by atoms with van der Waals surface area (Å²) >= 11 is 0. The maximum Gasteiger partial charge on any atom is 0.337 e. The SMILES string of the molecule is CCCN(CC)c1ncc(C(=O)O)cc1C. The number of aromatic nitrogens is 1. The number of anilines is 1. The lowest BCUT2D eigenvalue weighted by Gasteiger charge is -2.23. The van der Waals surface area contributed by atoms with Gasteiger partial charge in [-0.3, -0.25) is 0 Å². The molecule has 4 nitrogen and oxygen atoms in total. The summed E-state index contributed by atoms with van der Waals surface area (Å²) in [4.78, 5) is 17.2. The Bertz CT molecular complexity index is 377. The van der Waals surface area contributed by atoms with Crippen molar-refractivity contribution < 1.29 is 9.90 Å². The Morgan fingerprint density at radius 1 is 1.50 bits per heavy atom. The summed E-state index contributed by atoms with van der Waals surface area (Å²) in [5.74, 6) is -0.0463. The number of carbonyl (C=O) groups is 1. The second kappa shape index (κ2) is 5.49. The molecule has 0 fully saturated rings. The number of aromatic carboxylic acids is 1. The van der Waals surface area contributed by atoms with Crippen LogP contribution >= 0.6 is 0 Å². The summed E-state index contributed by atoms with van der Waals surface area (Å²) in [6.07, 6.45) is 2.47. The molecule has 1 aromatic rings. The van der Waals surface area contributed by atoms with Gasteiger partial charge in [0.25, 0.3) is 0 Å². The van der Waals surface area contributed by atoms with Crippen LogP contribution in [0.4, 0.5) is 5.82 Å². The van der Waals surface area contributed by atoms with Crippen molar-refractivity contribution in [2.75, 3.05) is 18.0 Å². The molecule has 0 aliphatic carbocycles. The maximum absolute atomic E-state index is 10.8. The predicted octanol–water partition coefficient (Wildman–Crippen LogP) is 2.32. The first-order valence-corrected chi connectivity index (χ1v) is 5.55. The fraction of sp³-hybridized carbons (Fsp3) is 0.500. The van der Waals surface area contributed by atoms with Crippen molar-refractivity contribution >= 4 is 11.8 Å². The maximum atomic E-state index is 10.8. The van der Waals surface area contributed by atoms with Gasteiger partial charge >= 0.3 is 5.97 Å². The van der Waals surface area contributed by atoms with E-state index in [9.17, 15) is 4.79 Å². The molecule has 1 heterocycles. The molecule has 16 heavy (non-hydrogen) atoms. The van der Waals surface area contributed by atoms with Crippen LogP contribution in [-0.4, -0.2) is 29.1 Å². The second-order valence-corrected chi connectivity index (χ2v) is 3.75. The van der Waals surface area contributed by atoms with Crippen molar-refractivity contribution in [3.05, 3.63) is 23.4 Å². The highest BCUT2D eigenvalue weighted by atomic mass is 16.4. The molecule has 1 rings (SSSR count). The van der Waals surface area contributed by atoms with Crippen LogP contribution in [0.15, 0.2) is 12.3 Å². The minimum atomic E-state index is -0.930. The molecule has 0 aliphatic rings. The second-order valence-electron chi connectivity index (χ2n) is 3.75. The van der Waals surface area contributed by atoms with Gasteiger partial charge in [0.2, 0.25) is 0 Å². The molecule has 0 aromatic carbocycles. The molecule has 1 N–H and O–H groups in total. The number of carboxylic acids is 1. The molecule has 0 saturated heterocycles. The molecule has 88 valence electrons. The highest BCUT2D eigenvalue weighted by Crippen LogP contribution is 2.18. The van der Waals surface area contributed by atoms with Crippen LogP contribution in [0.2, 0.25) is 0 Å². The highest BCUT2D eigenvalue weighted by Gasteiger charge is 2.11. The van der Waals surface area contributed by atoms with E-state index < -0.39 is 5.97 Å². The van der Waals surface area contributed by atoms with Gasteiger partial charge < -0.3 is 10.0 Å². The minimum Gasteiger partial charge on any atom is -0.478 e. The van der Waals surface area contributed by atoms with Gasteiger partial charge in [-0.05, 0) is 31.9 Å².